The molecular weight excluding hydrogens is 220 g/mol. The Morgan fingerprint density at radius 3 is 2.71 bits per heavy atom. The number of ether oxygens (including phenoxy) is 2. The number of carbonyl (C=O) groups is 1. The fourth-order valence-electron chi connectivity index (χ4n) is 1.10. The number of esters is 1. The Morgan fingerprint density at radius 2 is 2.18 bits per heavy atom. The van der Waals surface area contributed by atoms with Gasteiger partial charge in [0.25, 0.3) is 0 Å². The van der Waals surface area contributed by atoms with Gasteiger partial charge in [0.05, 0.1) is 17.8 Å². The van der Waals surface area contributed by atoms with E-state index in [4.69, 9.17) is 15.2 Å². The van der Waals surface area contributed by atoms with Crippen LogP contribution in [-0.4, -0.2) is 30.3 Å². The molecule has 17 heavy (non-hydrogen) atoms. The zero-order valence-corrected chi connectivity index (χ0v) is 10.4. The molecule has 94 valence electrons. The van der Waals surface area contributed by atoms with E-state index in [0.717, 1.165) is 0 Å². The lowest BCUT2D eigenvalue weighted by Gasteiger charge is -2.22. The quantitative estimate of drug-likeness (QED) is 0.789. The van der Waals surface area contributed by atoms with Gasteiger partial charge in [-0.2, -0.15) is 0 Å². The number of aromatic nitrogens is 1. The number of hydrogen-bond acceptors (Lipinski definition) is 5. The number of rotatable bonds is 5. The number of nitrogens with zero attached hydrogens (tertiary/aromatic N) is 1. The molecule has 2 N–H and O–H groups in total. The van der Waals surface area contributed by atoms with Gasteiger partial charge >= 0.3 is 5.97 Å². The highest BCUT2D eigenvalue weighted by molar-refractivity contribution is 5.89. The molecule has 1 rings (SSSR count). The third-order valence-corrected chi connectivity index (χ3v) is 2.51. The van der Waals surface area contributed by atoms with Crippen molar-refractivity contribution in [1.82, 2.24) is 4.98 Å². The van der Waals surface area contributed by atoms with E-state index in [1.165, 1.54) is 6.20 Å². The van der Waals surface area contributed by atoms with Crippen molar-refractivity contribution in [3.63, 3.8) is 0 Å². The minimum absolute atomic E-state index is 0.292. The minimum Gasteiger partial charge on any atom is -0.462 e. The van der Waals surface area contributed by atoms with Crippen molar-refractivity contribution in [2.24, 2.45) is 0 Å². The monoisotopic (exact) mass is 238 g/mol. The van der Waals surface area contributed by atoms with Gasteiger partial charge in [-0.1, -0.05) is 0 Å². The van der Waals surface area contributed by atoms with Crippen LogP contribution in [0.2, 0.25) is 0 Å². The molecule has 5 nitrogen and oxygen atoms in total. The summed E-state index contributed by atoms with van der Waals surface area (Å²) in [5.41, 5.74) is 5.53. The fraction of sp³-hybridized carbons (Fsp3) is 0.500. The van der Waals surface area contributed by atoms with Crippen molar-refractivity contribution in [3.8, 4) is 0 Å². The topological polar surface area (TPSA) is 74.4 Å². The molecule has 5 heteroatoms. The van der Waals surface area contributed by atoms with Gasteiger partial charge in [-0.3, -0.25) is 0 Å². The molecule has 0 spiro atoms. The molecule has 1 aromatic rings. The van der Waals surface area contributed by atoms with Gasteiger partial charge in [0.1, 0.15) is 5.82 Å². The zero-order chi connectivity index (χ0) is 12.9. The molecule has 1 aromatic heterocycles. The van der Waals surface area contributed by atoms with E-state index >= 15 is 0 Å². The van der Waals surface area contributed by atoms with Gasteiger partial charge in [-0.15, -0.1) is 0 Å². The molecule has 0 saturated heterocycles. The first kappa shape index (κ1) is 13.4. The van der Waals surface area contributed by atoms with Crippen LogP contribution in [0.4, 0.5) is 5.82 Å². The average molecular weight is 238 g/mol. The number of hydrogen-bond donors (Lipinski definition) is 1. The van der Waals surface area contributed by atoms with E-state index in [9.17, 15) is 4.79 Å². The third kappa shape index (κ3) is 4.40. The third-order valence-electron chi connectivity index (χ3n) is 2.51. The van der Waals surface area contributed by atoms with E-state index in [-0.39, 0.29) is 5.60 Å². The normalized spacial score (nSPS) is 11.2. The van der Waals surface area contributed by atoms with Gasteiger partial charge in [0, 0.05) is 19.7 Å². The number of anilines is 1. The largest absolute Gasteiger partial charge is 0.462 e. The molecule has 0 aliphatic heterocycles. The molecule has 0 unspecified atom stereocenters. The van der Waals surface area contributed by atoms with Crippen molar-refractivity contribution in [2.45, 2.75) is 25.9 Å². The van der Waals surface area contributed by atoms with Crippen molar-refractivity contribution in [3.05, 3.63) is 23.9 Å². The first-order chi connectivity index (χ1) is 7.94. The zero-order valence-electron chi connectivity index (χ0n) is 10.4. The lowest BCUT2D eigenvalue weighted by Crippen LogP contribution is -2.25. The molecule has 0 radical (unpaired) electrons. The Balaban J connectivity index is 2.43. The van der Waals surface area contributed by atoms with E-state index in [0.29, 0.717) is 24.4 Å². The molecule has 0 aromatic carbocycles. The number of nitrogens with two attached hydrogens (primary N) is 1. The number of methoxy groups -OCH3 is 1. The molecular formula is C12H18N2O3. The number of carbonyl (C=O) groups excluding carboxylic acids is 1. The van der Waals surface area contributed by atoms with E-state index in [2.05, 4.69) is 4.98 Å². The maximum atomic E-state index is 11.6. The minimum atomic E-state index is -0.399. The average Bonchev–Trinajstić information content (AvgIpc) is 2.29. The van der Waals surface area contributed by atoms with Crippen LogP contribution < -0.4 is 5.73 Å². The summed E-state index contributed by atoms with van der Waals surface area (Å²) in [5, 5.41) is 0. The van der Waals surface area contributed by atoms with Gasteiger partial charge in [-0.05, 0) is 26.0 Å². The smallest absolute Gasteiger partial charge is 0.339 e. The van der Waals surface area contributed by atoms with Gasteiger partial charge < -0.3 is 15.2 Å². The second-order valence-electron chi connectivity index (χ2n) is 4.32. The highest BCUT2D eigenvalue weighted by Crippen LogP contribution is 2.13. The van der Waals surface area contributed by atoms with Gasteiger partial charge in [-0.25, -0.2) is 9.78 Å². The molecule has 0 aliphatic carbocycles. The summed E-state index contributed by atoms with van der Waals surface area (Å²) in [7, 11) is 1.63. The predicted molar refractivity (Wildman–Crippen MR) is 64.6 cm³/mol. The predicted octanol–water partition coefficient (Wildman–Crippen LogP) is 1.64. The van der Waals surface area contributed by atoms with Crippen LogP contribution in [0.25, 0.3) is 0 Å². The molecule has 1 heterocycles. The summed E-state index contributed by atoms with van der Waals surface area (Å²) in [6, 6.07) is 3.15. The highest BCUT2D eigenvalue weighted by Gasteiger charge is 2.17. The summed E-state index contributed by atoms with van der Waals surface area (Å²) >= 11 is 0. The van der Waals surface area contributed by atoms with Crippen LogP contribution >= 0.6 is 0 Å². The van der Waals surface area contributed by atoms with Crippen LogP contribution in [0.15, 0.2) is 18.3 Å². The Kier molecular flexibility index (Phi) is 4.45. The standard InChI is InChI=1S/C12H18N2O3/c1-12(2,16-3)6-7-17-11(15)9-4-5-10(13)14-8-9/h4-5,8H,6-7H2,1-3H3,(H2,13,14). The number of nitrogen functional groups attached to an aromatic ring is 1. The van der Waals surface area contributed by atoms with Crippen molar-refractivity contribution >= 4 is 11.8 Å². The first-order valence-corrected chi connectivity index (χ1v) is 5.38. The Morgan fingerprint density at radius 1 is 1.47 bits per heavy atom. The molecule has 0 fully saturated rings. The maximum absolute atomic E-state index is 11.6. The molecule has 0 amide bonds. The van der Waals surface area contributed by atoms with E-state index in [1.807, 2.05) is 13.8 Å². The van der Waals surface area contributed by atoms with E-state index in [1.54, 1.807) is 19.2 Å². The Hall–Kier alpha value is -1.62. The Bertz CT molecular complexity index is 374. The summed E-state index contributed by atoms with van der Waals surface area (Å²) in [5.74, 6) is -0.0218. The van der Waals surface area contributed by atoms with Crippen molar-refractivity contribution in [1.29, 1.82) is 0 Å². The van der Waals surface area contributed by atoms with Crippen LogP contribution in [0.3, 0.4) is 0 Å². The Labute approximate surface area is 101 Å². The van der Waals surface area contributed by atoms with Crippen LogP contribution in [-0.2, 0) is 9.47 Å². The molecule has 0 aliphatic rings. The lowest BCUT2D eigenvalue weighted by molar-refractivity contribution is -0.00564. The first-order valence-electron chi connectivity index (χ1n) is 5.38. The van der Waals surface area contributed by atoms with E-state index < -0.39 is 5.97 Å². The molecule has 0 saturated carbocycles. The van der Waals surface area contributed by atoms with Gasteiger partial charge in [0.15, 0.2) is 0 Å². The van der Waals surface area contributed by atoms with Crippen LogP contribution in [0, 0.1) is 0 Å². The van der Waals surface area contributed by atoms with Crippen molar-refractivity contribution in [2.75, 3.05) is 19.5 Å². The summed E-state index contributed by atoms with van der Waals surface area (Å²) < 4.78 is 10.3. The summed E-state index contributed by atoms with van der Waals surface area (Å²) in [4.78, 5) is 15.4. The second-order valence-corrected chi connectivity index (χ2v) is 4.32. The summed E-state index contributed by atoms with van der Waals surface area (Å²) in [6.45, 7) is 4.18. The molecule has 0 atom stereocenters. The fourth-order valence-corrected chi connectivity index (χ4v) is 1.10. The highest BCUT2D eigenvalue weighted by atomic mass is 16.5. The maximum Gasteiger partial charge on any atom is 0.339 e. The van der Waals surface area contributed by atoms with Crippen molar-refractivity contribution < 1.29 is 14.3 Å². The molecule has 0 bridgehead atoms. The van der Waals surface area contributed by atoms with Gasteiger partial charge in [0.2, 0.25) is 0 Å². The van der Waals surface area contributed by atoms with Crippen LogP contribution in [0.5, 0.6) is 0 Å². The SMILES string of the molecule is COC(C)(C)CCOC(=O)c1ccc(N)nc1. The lowest BCUT2D eigenvalue weighted by atomic mass is 10.1. The number of pyridine rings is 1. The summed E-state index contributed by atoms with van der Waals surface area (Å²) in [6.07, 6.45) is 2.04. The second kappa shape index (κ2) is 5.63. The van der Waals surface area contributed by atoms with Crippen LogP contribution in [0.1, 0.15) is 30.6 Å².